The summed E-state index contributed by atoms with van der Waals surface area (Å²) >= 11 is 0. The molecule has 1 atom stereocenters. The maximum Gasteiger partial charge on any atom is 0.229 e. The van der Waals surface area contributed by atoms with E-state index in [1.807, 2.05) is 23.1 Å². The van der Waals surface area contributed by atoms with Crippen molar-refractivity contribution in [1.29, 1.82) is 0 Å². The molecule has 1 aromatic rings. The van der Waals surface area contributed by atoms with Crippen molar-refractivity contribution in [3.8, 4) is 0 Å². The van der Waals surface area contributed by atoms with Gasteiger partial charge in [-0.3, -0.25) is 4.79 Å². The molecule has 2 heteroatoms. The highest BCUT2D eigenvalue weighted by Crippen LogP contribution is 2.57. The first-order valence-corrected chi connectivity index (χ1v) is 6.06. The van der Waals surface area contributed by atoms with Crippen LogP contribution < -0.4 is 0 Å². The Morgan fingerprint density at radius 2 is 2.00 bits per heavy atom. The summed E-state index contributed by atoms with van der Waals surface area (Å²) in [6.07, 6.45) is 2.22. The van der Waals surface area contributed by atoms with E-state index in [1.54, 1.807) is 0 Å². The highest BCUT2D eigenvalue weighted by Gasteiger charge is 2.59. The zero-order chi connectivity index (χ0) is 11.2. The molecule has 0 bridgehead atoms. The van der Waals surface area contributed by atoms with E-state index < -0.39 is 0 Å². The van der Waals surface area contributed by atoms with E-state index in [-0.39, 0.29) is 5.41 Å². The van der Waals surface area contributed by atoms with Gasteiger partial charge in [0.2, 0.25) is 5.91 Å². The van der Waals surface area contributed by atoms with E-state index in [4.69, 9.17) is 0 Å². The first-order chi connectivity index (χ1) is 7.72. The predicted molar refractivity (Wildman–Crippen MR) is 62.7 cm³/mol. The first-order valence-electron chi connectivity index (χ1n) is 6.06. The summed E-state index contributed by atoms with van der Waals surface area (Å²) < 4.78 is 0. The van der Waals surface area contributed by atoms with Gasteiger partial charge in [-0.2, -0.15) is 0 Å². The molecule has 16 heavy (non-hydrogen) atoms. The Morgan fingerprint density at radius 3 is 2.56 bits per heavy atom. The van der Waals surface area contributed by atoms with Crippen molar-refractivity contribution < 1.29 is 4.79 Å². The fourth-order valence-electron chi connectivity index (χ4n) is 2.90. The zero-order valence-electron chi connectivity index (χ0n) is 9.65. The number of hydrogen-bond donors (Lipinski definition) is 0. The van der Waals surface area contributed by atoms with Crippen molar-refractivity contribution in [2.24, 2.45) is 11.3 Å². The van der Waals surface area contributed by atoms with Gasteiger partial charge in [0.1, 0.15) is 0 Å². The second kappa shape index (κ2) is 3.34. The van der Waals surface area contributed by atoms with Gasteiger partial charge in [0, 0.05) is 13.1 Å². The first kappa shape index (κ1) is 9.88. The molecule has 1 saturated carbocycles. The number of amides is 1. The molecule has 3 rings (SSSR count). The van der Waals surface area contributed by atoms with Crippen LogP contribution in [0.5, 0.6) is 0 Å². The average Bonchev–Trinajstić information content (AvgIpc) is 3.06. The molecule has 1 aliphatic heterocycles. The molecule has 2 aliphatic rings. The van der Waals surface area contributed by atoms with Crippen molar-refractivity contribution in [2.45, 2.75) is 26.3 Å². The fourth-order valence-corrected chi connectivity index (χ4v) is 2.90. The van der Waals surface area contributed by atoms with E-state index in [9.17, 15) is 4.79 Å². The Labute approximate surface area is 96.3 Å². The van der Waals surface area contributed by atoms with Crippen LogP contribution in [0.3, 0.4) is 0 Å². The lowest BCUT2D eigenvalue weighted by Crippen LogP contribution is -2.27. The monoisotopic (exact) mass is 215 g/mol. The van der Waals surface area contributed by atoms with Gasteiger partial charge in [-0.1, -0.05) is 37.3 Å². The molecule has 1 unspecified atom stereocenters. The lowest BCUT2D eigenvalue weighted by atomic mass is 9.94. The fraction of sp³-hybridized carbons (Fsp3) is 0.500. The van der Waals surface area contributed by atoms with Crippen LogP contribution >= 0.6 is 0 Å². The van der Waals surface area contributed by atoms with Gasteiger partial charge in [0.15, 0.2) is 0 Å². The topological polar surface area (TPSA) is 20.3 Å². The Kier molecular flexibility index (Phi) is 2.06. The third-order valence-electron chi connectivity index (χ3n) is 4.16. The van der Waals surface area contributed by atoms with E-state index in [0.29, 0.717) is 11.8 Å². The summed E-state index contributed by atoms with van der Waals surface area (Å²) in [6, 6.07) is 10.3. The molecule has 2 fully saturated rings. The van der Waals surface area contributed by atoms with Crippen LogP contribution in [0.25, 0.3) is 0 Å². The van der Waals surface area contributed by atoms with E-state index in [0.717, 1.165) is 25.9 Å². The lowest BCUT2D eigenvalue weighted by Gasteiger charge is -2.16. The van der Waals surface area contributed by atoms with Crippen molar-refractivity contribution in [3.05, 3.63) is 35.9 Å². The Bertz CT molecular complexity index is 408. The Balaban J connectivity index is 1.76. The maximum atomic E-state index is 12.2. The van der Waals surface area contributed by atoms with Gasteiger partial charge >= 0.3 is 0 Å². The maximum absolute atomic E-state index is 12.2. The highest BCUT2D eigenvalue weighted by molar-refractivity contribution is 5.87. The molecule has 1 amide bonds. The van der Waals surface area contributed by atoms with Crippen molar-refractivity contribution in [3.63, 3.8) is 0 Å². The lowest BCUT2D eigenvalue weighted by molar-refractivity contribution is -0.132. The molecule has 1 aromatic carbocycles. The summed E-state index contributed by atoms with van der Waals surface area (Å²) in [5.41, 5.74) is 1.29. The van der Waals surface area contributed by atoms with Gasteiger partial charge < -0.3 is 4.90 Å². The quantitative estimate of drug-likeness (QED) is 0.742. The molecule has 0 radical (unpaired) electrons. The zero-order valence-corrected chi connectivity index (χ0v) is 9.65. The molecule has 1 saturated heterocycles. The minimum Gasteiger partial charge on any atom is -0.338 e. The van der Waals surface area contributed by atoms with E-state index in [2.05, 4.69) is 19.1 Å². The van der Waals surface area contributed by atoms with Crippen LogP contribution in [0.15, 0.2) is 30.3 Å². The van der Waals surface area contributed by atoms with Crippen molar-refractivity contribution in [1.82, 2.24) is 4.90 Å². The number of nitrogens with zero attached hydrogens (tertiary/aromatic N) is 1. The number of rotatable bonds is 2. The van der Waals surface area contributed by atoms with Crippen molar-refractivity contribution in [2.75, 3.05) is 6.54 Å². The minimum atomic E-state index is 0.0504. The number of likely N-dealkylation sites (tertiary alicyclic amines) is 1. The SMILES string of the molecule is CC1CN(Cc2ccccc2)C(=O)C12CC2. The summed E-state index contributed by atoms with van der Waals surface area (Å²) in [5.74, 6) is 0.938. The van der Waals surface area contributed by atoms with Gasteiger partial charge in [-0.15, -0.1) is 0 Å². The molecule has 1 heterocycles. The number of benzene rings is 1. The van der Waals surface area contributed by atoms with Crippen LogP contribution in [0.2, 0.25) is 0 Å². The normalized spacial score (nSPS) is 26.4. The third-order valence-corrected chi connectivity index (χ3v) is 4.16. The Morgan fingerprint density at radius 1 is 1.31 bits per heavy atom. The molecular formula is C14H17NO. The van der Waals surface area contributed by atoms with Crippen LogP contribution in [0.1, 0.15) is 25.3 Å². The molecule has 0 aromatic heterocycles. The smallest absolute Gasteiger partial charge is 0.229 e. The second-order valence-electron chi connectivity index (χ2n) is 5.23. The van der Waals surface area contributed by atoms with Crippen molar-refractivity contribution >= 4 is 5.91 Å². The predicted octanol–water partition coefficient (Wildman–Crippen LogP) is 2.45. The van der Waals surface area contributed by atoms with Crippen LogP contribution in [0.4, 0.5) is 0 Å². The van der Waals surface area contributed by atoms with Gasteiger partial charge in [-0.25, -0.2) is 0 Å². The summed E-state index contributed by atoms with van der Waals surface area (Å²) in [7, 11) is 0. The number of hydrogen-bond acceptors (Lipinski definition) is 1. The molecule has 84 valence electrons. The van der Waals surface area contributed by atoms with Gasteiger partial charge in [-0.05, 0) is 24.3 Å². The standard InChI is InChI=1S/C14H17NO/c1-11-9-15(13(16)14(11)7-8-14)10-12-5-3-2-4-6-12/h2-6,11H,7-10H2,1H3. The number of carbonyl (C=O) groups excluding carboxylic acids is 1. The third kappa shape index (κ3) is 1.36. The summed E-state index contributed by atoms with van der Waals surface area (Å²) in [6.45, 7) is 3.94. The molecule has 2 nitrogen and oxygen atoms in total. The molecular weight excluding hydrogens is 198 g/mol. The largest absolute Gasteiger partial charge is 0.338 e. The van der Waals surface area contributed by atoms with E-state index in [1.165, 1.54) is 5.56 Å². The van der Waals surface area contributed by atoms with E-state index >= 15 is 0 Å². The average molecular weight is 215 g/mol. The summed E-state index contributed by atoms with van der Waals surface area (Å²) in [5, 5.41) is 0. The molecule has 1 spiro atoms. The number of carbonyl (C=O) groups is 1. The minimum absolute atomic E-state index is 0.0504. The molecule has 0 N–H and O–H groups in total. The van der Waals surface area contributed by atoms with Gasteiger partial charge in [0.25, 0.3) is 0 Å². The van der Waals surface area contributed by atoms with Crippen LogP contribution in [-0.2, 0) is 11.3 Å². The Hall–Kier alpha value is -1.31. The van der Waals surface area contributed by atoms with Gasteiger partial charge in [0.05, 0.1) is 5.41 Å². The second-order valence-corrected chi connectivity index (χ2v) is 5.23. The summed E-state index contributed by atoms with van der Waals surface area (Å²) in [4.78, 5) is 14.3. The van der Waals surface area contributed by atoms with Crippen LogP contribution in [0, 0.1) is 11.3 Å². The van der Waals surface area contributed by atoms with Crippen LogP contribution in [-0.4, -0.2) is 17.4 Å². The highest BCUT2D eigenvalue weighted by atomic mass is 16.2. The molecule has 1 aliphatic carbocycles.